The molecular formula is C9H12N2O. The van der Waals surface area contributed by atoms with Crippen LogP contribution in [0.15, 0.2) is 18.3 Å². The first-order valence-corrected chi connectivity index (χ1v) is 4.16. The summed E-state index contributed by atoms with van der Waals surface area (Å²) in [5.74, 6) is 0.773. The number of ether oxygens (including phenoxy) is 1. The van der Waals surface area contributed by atoms with Gasteiger partial charge >= 0.3 is 0 Å². The fourth-order valence-electron chi connectivity index (χ4n) is 1.24. The summed E-state index contributed by atoms with van der Waals surface area (Å²) in [5, 5.41) is 3.34. The average Bonchev–Trinajstić information content (AvgIpc) is 2.29. The van der Waals surface area contributed by atoms with Gasteiger partial charge in [-0.3, -0.25) is 0 Å². The zero-order valence-corrected chi connectivity index (χ0v) is 7.08. The van der Waals surface area contributed by atoms with Crippen LogP contribution < -0.4 is 10.1 Å². The van der Waals surface area contributed by atoms with Crippen LogP contribution in [0.1, 0.15) is 12.5 Å². The fourth-order valence-corrected chi connectivity index (χ4v) is 1.24. The largest absolute Gasteiger partial charge is 0.476 e. The molecule has 3 heteroatoms. The molecule has 0 radical (unpaired) electrons. The minimum absolute atomic E-state index is 0.402. The van der Waals surface area contributed by atoms with Gasteiger partial charge in [-0.1, -0.05) is 6.07 Å². The van der Waals surface area contributed by atoms with E-state index in [9.17, 15) is 0 Å². The van der Waals surface area contributed by atoms with E-state index < -0.39 is 0 Å². The van der Waals surface area contributed by atoms with Crippen LogP contribution in [0.4, 0.5) is 0 Å². The third-order valence-corrected chi connectivity index (χ3v) is 1.96. The molecule has 1 aromatic rings. The highest BCUT2D eigenvalue weighted by Crippen LogP contribution is 2.16. The highest BCUT2D eigenvalue weighted by atomic mass is 16.5. The van der Waals surface area contributed by atoms with E-state index in [0.29, 0.717) is 12.6 Å². The predicted octanol–water partition coefficient (Wildman–Crippen LogP) is 0.952. The highest BCUT2D eigenvalue weighted by molar-refractivity contribution is 5.26. The Labute approximate surface area is 71.8 Å². The molecular weight excluding hydrogens is 152 g/mol. The van der Waals surface area contributed by atoms with Crippen molar-refractivity contribution in [1.29, 1.82) is 0 Å². The maximum absolute atomic E-state index is 5.49. The Morgan fingerprint density at radius 2 is 2.58 bits per heavy atom. The quantitative estimate of drug-likeness (QED) is 0.620. The third kappa shape index (κ3) is 1.41. The van der Waals surface area contributed by atoms with Crippen LogP contribution >= 0.6 is 0 Å². The van der Waals surface area contributed by atoms with Crippen molar-refractivity contribution < 1.29 is 4.74 Å². The molecule has 12 heavy (non-hydrogen) atoms. The smallest absolute Gasteiger partial charge is 0.217 e. The van der Waals surface area contributed by atoms with Gasteiger partial charge in [0.1, 0.15) is 6.61 Å². The number of hydrogen-bond donors (Lipinski definition) is 1. The predicted molar refractivity (Wildman–Crippen MR) is 46.0 cm³/mol. The van der Waals surface area contributed by atoms with Crippen molar-refractivity contribution in [2.45, 2.75) is 19.5 Å². The SMILES string of the molecule is CC1COc2ncccc2CN1. The monoisotopic (exact) mass is 164 g/mol. The second kappa shape index (κ2) is 3.11. The van der Waals surface area contributed by atoms with Crippen LogP contribution in [0.5, 0.6) is 5.88 Å². The summed E-state index contributed by atoms with van der Waals surface area (Å²) >= 11 is 0. The molecule has 0 amide bonds. The summed E-state index contributed by atoms with van der Waals surface area (Å²) in [5.41, 5.74) is 1.14. The summed E-state index contributed by atoms with van der Waals surface area (Å²) in [4.78, 5) is 4.15. The van der Waals surface area contributed by atoms with Gasteiger partial charge in [-0.05, 0) is 13.0 Å². The Morgan fingerprint density at radius 3 is 3.50 bits per heavy atom. The summed E-state index contributed by atoms with van der Waals surface area (Å²) in [6, 6.07) is 4.37. The molecule has 1 unspecified atom stereocenters. The van der Waals surface area contributed by atoms with E-state index in [1.165, 1.54) is 0 Å². The van der Waals surface area contributed by atoms with E-state index in [2.05, 4.69) is 17.2 Å². The van der Waals surface area contributed by atoms with Gasteiger partial charge in [-0.25, -0.2) is 4.98 Å². The Morgan fingerprint density at radius 1 is 1.67 bits per heavy atom. The van der Waals surface area contributed by atoms with Gasteiger partial charge in [0.2, 0.25) is 5.88 Å². The van der Waals surface area contributed by atoms with Gasteiger partial charge < -0.3 is 10.1 Å². The van der Waals surface area contributed by atoms with Gasteiger partial charge in [-0.15, -0.1) is 0 Å². The van der Waals surface area contributed by atoms with Gasteiger partial charge in [0.15, 0.2) is 0 Å². The maximum atomic E-state index is 5.49. The number of pyridine rings is 1. The molecule has 2 heterocycles. The van der Waals surface area contributed by atoms with Crippen molar-refractivity contribution in [2.24, 2.45) is 0 Å². The Balaban J connectivity index is 2.26. The van der Waals surface area contributed by atoms with Crippen molar-refractivity contribution in [3.8, 4) is 5.88 Å². The summed E-state index contributed by atoms with van der Waals surface area (Å²) in [6.07, 6.45) is 1.76. The summed E-state index contributed by atoms with van der Waals surface area (Å²) in [7, 11) is 0. The number of hydrogen-bond acceptors (Lipinski definition) is 3. The second-order valence-electron chi connectivity index (χ2n) is 3.06. The first-order chi connectivity index (χ1) is 5.86. The molecule has 0 saturated carbocycles. The summed E-state index contributed by atoms with van der Waals surface area (Å²) < 4.78 is 5.49. The van der Waals surface area contributed by atoms with E-state index in [1.54, 1.807) is 6.20 Å². The van der Waals surface area contributed by atoms with Gasteiger partial charge in [-0.2, -0.15) is 0 Å². The molecule has 0 fully saturated rings. The van der Waals surface area contributed by atoms with Crippen LogP contribution in [0.2, 0.25) is 0 Å². The molecule has 0 aromatic carbocycles. The molecule has 0 aliphatic carbocycles. The lowest BCUT2D eigenvalue weighted by Crippen LogP contribution is -2.28. The zero-order chi connectivity index (χ0) is 8.39. The van der Waals surface area contributed by atoms with Crippen LogP contribution in [-0.2, 0) is 6.54 Å². The molecule has 64 valence electrons. The highest BCUT2D eigenvalue weighted by Gasteiger charge is 2.12. The minimum atomic E-state index is 0.402. The number of fused-ring (bicyclic) bond motifs is 1. The topological polar surface area (TPSA) is 34.1 Å². The van der Waals surface area contributed by atoms with Crippen LogP contribution in [-0.4, -0.2) is 17.6 Å². The number of nitrogens with one attached hydrogen (secondary N) is 1. The van der Waals surface area contributed by atoms with E-state index in [0.717, 1.165) is 18.0 Å². The number of aromatic nitrogens is 1. The van der Waals surface area contributed by atoms with Crippen LogP contribution in [0, 0.1) is 0 Å². The first-order valence-electron chi connectivity index (χ1n) is 4.16. The molecule has 1 aliphatic rings. The van der Waals surface area contributed by atoms with Gasteiger partial charge in [0, 0.05) is 24.3 Å². The molecule has 0 spiro atoms. The van der Waals surface area contributed by atoms with Crippen molar-refractivity contribution in [3.05, 3.63) is 23.9 Å². The van der Waals surface area contributed by atoms with Crippen molar-refractivity contribution in [1.82, 2.24) is 10.3 Å². The zero-order valence-electron chi connectivity index (χ0n) is 7.08. The van der Waals surface area contributed by atoms with Crippen LogP contribution in [0.3, 0.4) is 0 Å². The lowest BCUT2D eigenvalue weighted by molar-refractivity contribution is 0.278. The lowest BCUT2D eigenvalue weighted by atomic mass is 10.2. The number of nitrogens with zero attached hydrogens (tertiary/aromatic N) is 1. The summed E-state index contributed by atoms with van der Waals surface area (Å²) in [6.45, 7) is 3.65. The second-order valence-corrected chi connectivity index (χ2v) is 3.06. The van der Waals surface area contributed by atoms with E-state index >= 15 is 0 Å². The van der Waals surface area contributed by atoms with E-state index in [-0.39, 0.29) is 0 Å². The Kier molecular flexibility index (Phi) is 1.96. The Hall–Kier alpha value is -1.09. The molecule has 0 bridgehead atoms. The minimum Gasteiger partial charge on any atom is -0.476 e. The van der Waals surface area contributed by atoms with Gasteiger partial charge in [0.25, 0.3) is 0 Å². The molecule has 1 aliphatic heterocycles. The first kappa shape index (κ1) is 7.55. The average molecular weight is 164 g/mol. The molecule has 1 aromatic heterocycles. The molecule has 1 N–H and O–H groups in total. The third-order valence-electron chi connectivity index (χ3n) is 1.96. The number of rotatable bonds is 0. The van der Waals surface area contributed by atoms with Crippen molar-refractivity contribution >= 4 is 0 Å². The normalized spacial score (nSPS) is 22.2. The van der Waals surface area contributed by atoms with Crippen LogP contribution in [0.25, 0.3) is 0 Å². The van der Waals surface area contributed by atoms with Gasteiger partial charge in [0.05, 0.1) is 0 Å². The van der Waals surface area contributed by atoms with E-state index in [4.69, 9.17) is 4.74 Å². The van der Waals surface area contributed by atoms with E-state index in [1.807, 2.05) is 12.1 Å². The van der Waals surface area contributed by atoms with Crippen molar-refractivity contribution in [3.63, 3.8) is 0 Å². The lowest BCUT2D eigenvalue weighted by Gasteiger charge is -2.06. The molecule has 0 saturated heterocycles. The maximum Gasteiger partial charge on any atom is 0.217 e. The Bertz CT molecular complexity index is 248. The molecule has 3 nitrogen and oxygen atoms in total. The van der Waals surface area contributed by atoms with Crippen molar-refractivity contribution in [2.75, 3.05) is 6.61 Å². The molecule has 1 atom stereocenters. The standard InChI is InChI=1S/C9H12N2O/c1-7-6-12-9-8(5-11-7)3-2-4-10-9/h2-4,7,11H,5-6H2,1H3. The fraction of sp³-hybridized carbons (Fsp3) is 0.444. The molecule has 2 rings (SSSR count).